The van der Waals surface area contributed by atoms with Crippen LogP contribution in [0.15, 0.2) is 12.2 Å². The molecule has 2 heterocycles. The van der Waals surface area contributed by atoms with Crippen molar-refractivity contribution in [3.8, 4) is 0 Å². The Morgan fingerprint density at radius 2 is 1.42 bits per heavy atom. The van der Waals surface area contributed by atoms with Gasteiger partial charge in [0.1, 0.15) is 5.60 Å². The largest absolute Gasteiger partial charge is 0.453 e. The van der Waals surface area contributed by atoms with Crippen molar-refractivity contribution in [3.05, 3.63) is 12.2 Å². The molecule has 0 amide bonds. The topological polar surface area (TPSA) is 81.7 Å². The molecular weight excluding hydrogens is 428 g/mol. The molecule has 8 heteroatoms. The van der Waals surface area contributed by atoms with Gasteiger partial charge >= 0.3 is 5.97 Å². The fourth-order valence-electron chi connectivity index (χ4n) is 3.78. The second kappa shape index (κ2) is 10.7. The fraction of sp³-hybridized carbons (Fsp3) is 0.880. The molecule has 0 aromatic carbocycles. The van der Waals surface area contributed by atoms with Gasteiger partial charge in [-0.2, -0.15) is 0 Å². The Morgan fingerprint density at radius 1 is 0.939 bits per heavy atom. The van der Waals surface area contributed by atoms with E-state index in [9.17, 15) is 4.79 Å². The normalized spacial score (nSPS) is 32.9. The maximum absolute atomic E-state index is 13.0. The van der Waals surface area contributed by atoms with Gasteiger partial charge in [0.25, 0.3) is 11.9 Å². The summed E-state index contributed by atoms with van der Waals surface area (Å²) < 4.78 is 42.1. The van der Waals surface area contributed by atoms with E-state index in [1.165, 1.54) is 0 Å². The summed E-state index contributed by atoms with van der Waals surface area (Å²) in [4.78, 5) is 13.0. The minimum Gasteiger partial charge on any atom is -0.453 e. The van der Waals surface area contributed by atoms with Crippen molar-refractivity contribution < 1.29 is 38.0 Å². The van der Waals surface area contributed by atoms with Crippen LogP contribution in [-0.2, 0) is 38.0 Å². The van der Waals surface area contributed by atoms with Crippen molar-refractivity contribution in [3.63, 3.8) is 0 Å². The molecule has 192 valence electrons. The number of allylic oxidation sites excluding steroid dienone is 1. The lowest BCUT2D eigenvalue weighted by atomic mass is 9.90. The molecule has 1 spiro atoms. The van der Waals surface area contributed by atoms with Gasteiger partial charge in [-0.3, -0.25) is 0 Å². The van der Waals surface area contributed by atoms with Gasteiger partial charge in [-0.25, -0.2) is 4.79 Å². The van der Waals surface area contributed by atoms with E-state index < -0.39 is 34.5 Å². The maximum Gasteiger partial charge on any atom is 0.338 e. The van der Waals surface area contributed by atoms with E-state index in [2.05, 4.69) is 0 Å². The van der Waals surface area contributed by atoms with Crippen LogP contribution in [0.5, 0.6) is 0 Å². The molecule has 0 radical (unpaired) electrons. The lowest BCUT2D eigenvalue weighted by Gasteiger charge is -2.51. The van der Waals surface area contributed by atoms with Crippen LogP contribution in [0.25, 0.3) is 0 Å². The average Bonchev–Trinajstić information content (AvgIpc) is 2.77. The lowest BCUT2D eigenvalue weighted by molar-refractivity contribution is -0.475. The molecule has 1 unspecified atom stereocenters. The molecule has 0 saturated carbocycles. The third-order valence-corrected chi connectivity index (χ3v) is 6.12. The molecule has 0 aromatic rings. The molecule has 2 rings (SSSR count). The molecular formula is C25H44O8. The molecule has 1 atom stereocenters. The van der Waals surface area contributed by atoms with Crippen LogP contribution in [0.2, 0.25) is 0 Å². The summed E-state index contributed by atoms with van der Waals surface area (Å²) in [5, 5.41) is 0. The molecule has 33 heavy (non-hydrogen) atoms. The predicted octanol–water partition coefficient (Wildman–Crippen LogP) is 4.70. The highest BCUT2D eigenvalue weighted by Gasteiger charge is 2.53. The molecule has 0 aromatic heterocycles. The first-order valence-corrected chi connectivity index (χ1v) is 12.1. The first kappa shape index (κ1) is 28.2. The number of carbonyl (C=O) groups is 1. The van der Waals surface area contributed by atoms with E-state index in [0.717, 1.165) is 0 Å². The van der Waals surface area contributed by atoms with Gasteiger partial charge in [0.2, 0.25) is 0 Å². The molecule has 8 nitrogen and oxygen atoms in total. The summed E-state index contributed by atoms with van der Waals surface area (Å²) in [5.74, 6) is -2.88. The summed E-state index contributed by atoms with van der Waals surface area (Å²) in [6.45, 7) is 18.2. The highest BCUT2D eigenvalue weighted by Crippen LogP contribution is 2.41. The van der Waals surface area contributed by atoms with Crippen LogP contribution in [-0.4, -0.2) is 61.6 Å². The van der Waals surface area contributed by atoms with Crippen LogP contribution in [0.1, 0.15) is 81.6 Å². The zero-order chi connectivity index (χ0) is 25.0. The van der Waals surface area contributed by atoms with Crippen molar-refractivity contribution in [2.24, 2.45) is 5.41 Å². The van der Waals surface area contributed by atoms with Gasteiger partial charge in [-0.05, 0) is 54.0 Å². The number of hydrogen-bond donors (Lipinski definition) is 0. The molecule has 2 fully saturated rings. The smallest absolute Gasteiger partial charge is 0.338 e. The SMILES string of the molecule is CC=CC(C)(CC)OC(=O)C(C)(C)OC1(CC)OCC2(COC(CC)(OC(C)C)OC2)CO1. The van der Waals surface area contributed by atoms with Crippen molar-refractivity contribution in [2.45, 2.75) is 111 Å². The third kappa shape index (κ3) is 6.77. The van der Waals surface area contributed by atoms with Crippen LogP contribution in [0.4, 0.5) is 0 Å². The van der Waals surface area contributed by atoms with E-state index in [-0.39, 0.29) is 6.10 Å². The van der Waals surface area contributed by atoms with Gasteiger partial charge in [0.15, 0.2) is 5.60 Å². The summed E-state index contributed by atoms with van der Waals surface area (Å²) in [6.07, 6.45) is 5.34. The van der Waals surface area contributed by atoms with Crippen molar-refractivity contribution in [1.29, 1.82) is 0 Å². The van der Waals surface area contributed by atoms with E-state index >= 15 is 0 Å². The Balaban J connectivity index is 2.03. The first-order chi connectivity index (χ1) is 15.3. The molecule has 2 saturated heterocycles. The van der Waals surface area contributed by atoms with Gasteiger partial charge in [-0.1, -0.05) is 26.8 Å². The van der Waals surface area contributed by atoms with E-state index in [1.807, 2.05) is 60.6 Å². The Labute approximate surface area is 199 Å². The van der Waals surface area contributed by atoms with Crippen molar-refractivity contribution in [1.82, 2.24) is 0 Å². The molecule has 2 aliphatic rings. The number of carbonyl (C=O) groups excluding carboxylic acids is 1. The van der Waals surface area contributed by atoms with E-state index in [0.29, 0.717) is 45.7 Å². The van der Waals surface area contributed by atoms with Gasteiger partial charge < -0.3 is 33.2 Å². The molecule has 0 aliphatic carbocycles. The highest BCUT2D eigenvalue weighted by molar-refractivity contribution is 5.79. The Kier molecular flexibility index (Phi) is 9.15. The Bertz CT molecular complexity index is 668. The maximum atomic E-state index is 13.0. The molecule has 2 aliphatic heterocycles. The predicted molar refractivity (Wildman–Crippen MR) is 123 cm³/mol. The minimum absolute atomic E-state index is 0.0247. The number of ether oxygens (including phenoxy) is 7. The average molecular weight is 473 g/mol. The van der Waals surface area contributed by atoms with Crippen molar-refractivity contribution >= 4 is 5.97 Å². The molecule has 0 bridgehead atoms. The van der Waals surface area contributed by atoms with Crippen LogP contribution in [0, 0.1) is 5.41 Å². The fourth-order valence-corrected chi connectivity index (χ4v) is 3.78. The summed E-state index contributed by atoms with van der Waals surface area (Å²) in [5.41, 5.74) is -2.45. The zero-order valence-electron chi connectivity index (χ0n) is 21.9. The summed E-state index contributed by atoms with van der Waals surface area (Å²) in [6, 6.07) is 0. The monoisotopic (exact) mass is 472 g/mol. The molecule has 0 N–H and O–H groups in total. The van der Waals surface area contributed by atoms with Gasteiger partial charge in [0, 0.05) is 12.8 Å². The van der Waals surface area contributed by atoms with Crippen LogP contribution < -0.4 is 0 Å². The Hall–Kier alpha value is -1.03. The highest BCUT2D eigenvalue weighted by atomic mass is 16.9. The number of rotatable bonds is 10. The third-order valence-electron chi connectivity index (χ3n) is 6.12. The number of hydrogen-bond acceptors (Lipinski definition) is 8. The quantitative estimate of drug-likeness (QED) is 0.334. The number of esters is 1. The lowest BCUT2D eigenvalue weighted by Crippen LogP contribution is -2.61. The first-order valence-electron chi connectivity index (χ1n) is 12.1. The minimum atomic E-state index is -1.36. The second-order valence-electron chi connectivity index (χ2n) is 10.1. The van der Waals surface area contributed by atoms with Crippen LogP contribution >= 0.6 is 0 Å². The van der Waals surface area contributed by atoms with E-state index in [4.69, 9.17) is 33.2 Å². The van der Waals surface area contributed by atoms with Crippen molar-refractivity contribution in [2.75, 3.05) is 26.4 Å². The van der Waals surface area contributed by atoms with Crippen LogP contribution in [0.3, 0.4) is 0 Å². The Morgan fingerprint density at radius 3 is 1.82 bits per heavy atom. The second-order valence-corrected chi connectivity index (χ2v) is 10.1. The standard InChI is InChI=1S/C25H44O8/c1-10-14-22(9,11-2)32-20(26)21(7,8)33-25(13-4)29-17-23(18-30-25)15-27-24(12-3,28-16-23)31-19(5)6/h10,14,19H,11-13,15-18H2,1-9H3. The van der Waals surface area contributed by atoms with E-state index in [1.54, 1.807) is 13.8 Å². The van der Waals surface area contributed by atoms with Gasteiger partial charge in [0.05, 0.1) is 37.9 Å². The zero-order valence-corrected chi connectivity index (χ0v) is 21.9. The van der Waals surface area contributed by atoms with Gasteiger partial charge in [-0.15, -0.1) is 0 Å². The summed E-state index contributed by atoms with van der Waals surface area (Å²) >= 11 is 0. The summed E-state index contributed by atoms with van der Waals surface area (Å²) in [7, 11) is 0.